The van der Waals surface area contributed by atoms with E-state index in [1.54, 1.807) is 0 Å². The van der Waals surface area contributed by atoms with Crippen LogP contribution < -0.4 is 0 Å². The first-order chi connectivity index (χ1) is 7.63. The molecule has 0 N–H and O–H groups in total. The zero-order chi connectivity index (χ0) is 12.1. The van der Waals surface area contributed by atoms with Gasteiger partial charge in [-0.25, -0.2) is 0 Å². The van der Waals surface area contributed by atoms with E-state index < -0.39 is 0 Å². The van der Waals surface area contributed by atoms with Crippen LogP contribution in [-0.2, 0) is 22.4 Å². The summed E-state index contributed by atoms with van der Waals surface area (Å²) in [5.41, 5.74) is 2.50. The fourth-order valence-corrected chi connectivity index (χ4v) is 2.21. The van der Waals surface area contributed by atoms with E-state index in [4.69, 9.17) is 5.26 Å². The van der Waals surface area contributed by atoms with Crippen molar-refractivity contribution in [3.8, 4) is 6.07 Å². The molecule has 0 heterocycles. The van der Waals surface area contributed by atoms with Gasteiger partial charge in [-0.05, 0) is 46.2 Å². The van der Waals surface area contributed by atoms with Gasteiger partial charge in [0, 0.05) is 3.57 Å². The summed E-state index contributed by atoms with van der Waals surface area (Å²) in [5.74, 6) is -0.278. The highest BCUT2D eigenvalue weighted by atomic mass is 127. The van der Waals surface area contributed by atoms with Crippen LogP contribution in [0.15, 0.2) is 12.1 Å². The van der Waals surface area contributed by atoms with Gasteiger partial charge in [0.15, 0.2) is 0 Å². The molecule has 0 aliphatic rings. The van der Waals surface area contributed by atoms with Crippen LogP contribution in [0.2, 0.25) is 0 Å². The number of methoxy groups -OCH3 is 1. The van der Waals surface area contributed by atoms with Gasteiger partial charge in [-0.3, -0.25) is 4.79 Å². The Morgan fingerprint density at radius 2 is 2.25 bits per heavy atom. The van der Waals surface area contributed by atoms with E-state index in [9.17, 15) is 4.79 Å². The summed E-state index contributed by atoms with van der Waals surface area (Å²) in [6.07, 6.45) is 0.970. The minimum atomic E-state index is -0.278. The molecule has 1 rings (SSSR count). The number of carbonyl (C=O) groups is 1. The fraction of sp³-hybridized carbons (Fsp3) is 0.333. The molecule has 0 spiro atoms. The van der Waals surface area contributed by atoms with Crippen LogP contribution >= 0.6 is 22.6 Å². The number of esters is 1. The highest BCUT2D eigenvalue weighted by Crippen LogP contribution is 2.21. The summed E-state index contributed by atoms with van der Waals surface area (Å²) in [7, 11) is 1.37. The Kier molecular flexibility index (Phi) is 4.74. The van der Waals surface area contributed by atoms with Crippen molar-refractivity contribution in [3.05, 3.63) is 32.4 Å². The van der Waals surface area contributed by atoms with Gasteiger partial charge in [0.05, 0.1) is 19.1 Å². The zero-order valence-electron chi connectivity index (χ0n) is 9.21. The second-order valence-electron chi connectivity index (χ2n) is 3.28. The van der Waals surface area contributed by atoms with Crippen molar-refractivity contribution in [2.75, 3.05) is 7.11 Å². The van der Waals surface area contributed by atoms with Crippen LogP contribution in [0, 0.1) is 14.9 Å². The smallest absolute Gasteiger partial charge is 0.309 e. The molecule has 1 aromatic carbocycles. The second kappa shape index (κ2) is 5.85. The number of hydrogen-bond acceptors (Lipinski definition) is 3. The van der Waals surface area contributed by atoms with E-state index in [0.29, 0.717) is 5.56 Å². The van der Waals surface area contributed by atoms with E-state index in [1.807, 2.05) is 19.1 Å². The number of halogens is 1. The van der Waals surface area contributed by atoms with Crippen LogP contribution in [0.3, 0.4) is 0 Å². The lowest BCUT2D eigenvalue weighted by Gasteiger charge is -2.10. The number of carbonyl (C=O) groups excluding carboxylic acids is 1. The van der Waals surface area contributed by atoms with Crippen molar-refractivity contribution in [2.24, 2.45) is 0 Å². The van der Waals surface area contributed by atoms with Crippen LogP contribution in [0.4, 0.5) is 0 Å². The minimum absolute atomic E-state index is 0.227. The third-order valence-corrected chi connectivity index (χ3v) is 3.29. The molecule has 0 unspecified atom stereocenters. The molecule has 0 aliphatic carbocycles. The maximum Gasteiger partial charge on any atom is 0.309 e. The SMILES string of the molecule is CCc1c(CC(=O)OC)ccc(I)c1C#N. The van der Waals surface area contributed by atoms with Crippen molar-refractivity contribution in [2.45, 2.75) is 19.8 Å². The molecule has 1 aromatic rings. The first kappa shape index (κ1) is 13.0. The Balaban J connectivity index is 3.21. The Morgan fingerprint density at radius 1 is 1.56 bits per heavy atom. The molecule has 0 atom stereocenters. The molecule has 3 nitrogen and oxygen atoms in total. The summed E-state index contributed by atoms with van der Waals surface area (Å²) >= 11 is 2.13. The average Bonchev–Trinajstić information content (AvgIpc) is 2.30. The Bertz CT molecular complexity index is 449. The second-order valence-corrected chi connectivity index (χ2v) is 4.44. The molecule has 4 heteroatoms. The average molecular weight is 329 g/mol. The summed E-state index contributed by atoms with van der Waals surface area (Å²) < 4.78 is 5.56. The lowest BCUT2D eigenvalue weighted by atomic mass is 9.97. The maximum absolute atomic E-state index is 11.2. The van der Waals surface area contributed by atoms with Crippen LogP contribution in [0.1, 0.15) is 23.6 Å². The number of rotatable bonds is 3. The number of nitriles is 1. The van der Waals surface area contributed by atoms with Crippen LogP contribution in [-0.4, -0.2) is 13.1 Å². The van der Waals surface area contributed by atoms with Gasteiger partial charge in [-0.2, -0.15) is 5.26 Å². The highest BCUT2D eigenvalue weighted by molar-refractivity contribution is 14.1. The molecule has 0 aromatic heterocycles. The molecule has 0 saturated carbocycles. The van der Waals surface area contributed by atoms with Gasteiger partial charge in [0.25, 0.3) is 0 Å². The first-order valence-corrected chi connectivity index (χ1v) is 5.99. The summed E-state index contributed by atoms with van der Waals surface area (Å²) in [5, 5.41) is 9.08. The quantitative estimate of drug-likeness (QED) is 0.632. The minimum Gasteiger partial charge on any atom is -0.469 e. The van der Waals surface area contributed by atoms with Gasteiger partial charge >= 0.3 is 5.97 Å². The van der Waals surface area contributed by atoms with Gasteiger partial charge in [-0.1, -0.05) is 13.0 Å². The molecule has 0 fully saturated rings. The lowest BCUT2D eigenvalue weighted by molar-refractivity contribution is -0.139. The number of hydrogen-bond donors (Lipinski definition) is 0. The van der Waals surface area contributed by atoms with Crippen molar-refractivity contribution in [1.82, 2.24) is 0 Å². The molecule has 0 aliphatic heterocycles. The van der Waals surface area contributed by atoms with E-state index in [0.717, 1.165) is 21.1 Å². The molecule has 0 amide bonds. The highest BCUT2D eigenvalue weighted by Gasteiger charge is 2.13. The van der Waals surface area contributed by atoms with Crippen molar-refractivity contribution < 1.29 is 9.53 Å². The largest absolute Gasteiger partial charge is 0.469 e. The summed E-state index contributed by atoms with van der Waals surface area (Å²) in [6.45, 7) is 1.98. The predicted octanol–water partition coefficient (Wildman–Crippen LogP) is 2.44. The normalized spacial score (nSPS) is 9.62. The van der Waals surface area contributed by atoms with Gasteiger partial charge < -0.3 is 4.74 Å². The Labute approximate surface area is 109 Å². The number of benzene rings is 1. The molecule has 84 valence electrons. The standard InChI is InChI=1S/C12H12INO2/c1-3-9-8(6-12(15)16-2)4-5-11(13)10(9)7-14/h4-5H,3,6H2,1-2H3. The predicted molar refractivity (Wildman–Crippen MR) is 69.0 cm³/mol. The van der Waals surface area contributed by atoms with E-state index in [2.05, 4.69) is 33.4 Å². The fourth-order valence-electron chi connectivity index (χ4n) is 1.58. The van der Waals surface area contributed by atoms with E-state index in [-0.39, 0.29) is 12.4 Å². The zero-order valence-corrected chi connectivity index (χ0v) is 11.4. The van der Waals surface area contributed by atoms with E-state index in [1.165, 1.54) is 7.11 Å². The van der Waals surface area contributed by atoms with Crippen molar-refractivity contribution in [3.63, 3.8) is 0 Å². The molecule has 0 radical (unpaired) electrons. The number of nitrogens with zero attached hydrogens (tertiary/aromatic N) is 1. The molecular weight excluding hydrogens is 317 g/mol. The van der Waals surface area contributed by atoms with Crippen LogP contribution in [0.25, 0.3) is 0 Å². The third-order valence-electron chi connectivity index (χ3n) is 2.39. The van der Waals surface area contributed by atoms with Gasteiger partial charge in [-0.15, -0.1) is 0 Å². The van der Waals surface area contributed by atoms with Crippen LogP contribution in [0.5, 0.6) is 0 Å². The van der Waals surface area contributed by atoms with E-state index >= 15 is 0 Å². The topological polar surface area (TPSA) is 50.1 Å². The molecule has 0 bridgehead atoms. The molecular formula is C12H12INO2. The maximum atomic E-state index is 11.2. The Hall–Kier alpha value is -1.09. The summed E-state index contributed by atoms with van der Waals surface area (Å²) in [6, 6.07) is 5.93. The summed E-state index contributed by atoms with van der Waals surface area (Å²) in [4.78, 5) is 11.2. The molecule has 16 heavy (non-hydrogen) atoms. The third kappa shape index (κ3) is 2.73. The lowest BCUT2D eigenvalue weighted by Crippen LogP contribution is -2.08. The number of ether oxygens (including phenoxy) is 1. The molecule has 0 saturated heterocycles. The van der Waals surface area contributed by atoms with Gasteiger partial charge in [0.1, 0.15) is 6.07 Å². The van der Waals surface area contributed by atoms with Crippen molar-refractivity contribution >= 4 is 28.6 Å². The Morgan fingerprint density at radius 3 is 2.75 bits per heavy atom. The first-order valence-electron chi connectivity index (χ1n) is 4.91. The monoisotopic (exact) mass is 329 g/mol. The van der Waals surface area contributed by atoms with Crippen molar-refractivity contribution in [1.29, 1.82) is 5.26 Å². The van der Waals surface area contributed by atoms with Gasteiger partial charge in [0.2, 0.25) is 0 Å².